The molecule has 1 aliphatic rings. The molecule has 7 heteroatoms. The van der Waals surface area contributed by atoms with Crippen molar-refractivity contribution in [1.82, 2.24) is 10.2 Å². The van der Waals surface area contributed by atoms with Crippen molar-refractivity contribution in [3.8, 4) is 0 Å². The molecule has 0 amide bonds. The Morgan fingerprint density at radius 3 is 2.62 bits per heavy atom. The maximum atomic E-state index is 12.0. The number of aliphatic hydroxyl groups excluding tert-OH is 1. The van der Waals surface area contributed by atoms with Crippen molar-refractivity contribution in [2.75, 3.05) is 18.0 Å². The third-order valence-corrected chi connectivity index (χ3v) is 1.75. The van der Waals surface area contributed by atoms with E-state index < -0.39 is 18.4 Å². The molecule has 1 aromatic rings. The van der Waals surface area contributed by atoms with Gasteiger partial charge in [0.05, 0.1) is 19.2 Å². The van der Waals surface area contributed by atoms with E-state index in [9.17, 15) is 8.78 Å². The molecule has 0 saturated carbocycles. The van der Waals surface area contributed by atoms with Crippen LogP contribution in [0, 0.1) is 0 Å². The minimum absolute atomic E-state index is 0.0422. The Morgan fingerprint density at radius 1 is 1.46 bits per heavy atom. The SMILES string of the molecule is OC1CN(c2nnc(C(F)F)o2)C1. The minimum atomic E-state index is -2.74. The predicted octanol–water partition coefficient (Wildman–Crippen LogP) is 0.188. The van der Waals surface area contributed by atoms with Gasteiger partial charge in [0, 0.05) is 0 Å². The van der Waals surface area contributed by atoms with Crippen molar-refractivity contribution in [1.29, 1.82) is 0 Å². The van der Waals surface area contributed by atoms with Gasteiger partial charge in [0.25, 0.3) is 5.89 Å². The highest BCUT2D eigenvalue weighted by molar-refractivity contribution is 5.29. The van der Waals surface area contributed by atoms with Crippen molar-refractivity contribution in [3.05, 3.63) is 5.89 Å². The highest BCUT2D eigenvalue weighted by Gasteiger charge is 2.29. The molecule has 13 heavy (non-hydrogen) atoms. The van der Waals surface area contributed by atoms with Crippen LogP contribution in [0.1, 0.15) is 12.3 Å². The molecule has 72 valence electrons. The van der Waals surface area contributed by atoms with Crippen LogP contribution >= 0.6 is 0 Å². The van der Waals surface area contributed by atoms with Crippen LogP contribution in [0.25, 0.3) is 0 Å². The fraction of sp³-hybridized carbons (Fsp3) is 0.667. The first-order chi connectivity index (χ1) is 6.16. The number of β-amino-alcohol motifs (C(OH)–C–C–N with tert-alkyl or cyclic N) is 1. The number of anilines is 1. The molecular formula is C6H7F2N3O2. The summed E-state index contributed by atoms with van der Waals surface area (Å²) in [6, 6.07) is 0.0422. The van der Waals surface area contributed by atoms with Gasteiger partial charge in [-0.15, -0.1) is 5.10 Å². The van der Waals surface area contributed by atoms with Gasteiger partial charge < -0.3 is 14.4 Å². The first-order valence-corrected chi connectivity index (χ1v) is 3.71. The summed E-state index contributed by atoms with van der Waals surface area (Å²) >= 11 is 0. The average molecular weight is 191 g/mol. The van der Waals surface area contributed by atoms with Gasteiger partial charge in [0.1, 0.15) is 0 Å². The third-order valence-electron chi connectivity index (χ3n) is 1.75. The summed E-state index contributed by atoms with van der Waals surface area (Å²) in [6.07, 6.45) is -3.17. The molecule has 0 atom stereocenters. The maximum Gasteiger partial charge on any atom is 0.318 e. The monoisotopic (exact) mass is 191 g/mol. The molecule has 5 nitrogen and oxygen atoms in total. The second kappa shape index (κ2) is 2.91. The first kappa shape index (κ1) is 8.36. The number of hydrogen-bond acceptors (Lipinski definition) is 5. The Bertz CT molecular complexity index is 298. The lowest BCUT2D eigenvalue weighted by Crippen LogP contribution is -2.51. The van der Waals surface area contributed by atoms with E-state index in [-0.39, 0.29) is 6.01 Å². The smallest absolute Gasteiger partial charge is 0.318 e. The quantitative estimate of drug-likeness (QED) is 0.722. The van der Waals surface area contributed by atoms with Gasteiger partial charge in [-0.1, -0.05) is 5.10 Å². The molecule has 0 unspecified atom stereocenters. The number of aromatic nitrogens is 2. The van der Waals surface area contributed by atoms with Crippen LogP contribution < -0.4 is 4.90 Å². The second-order valence-corrected chi connectivity index (χ2v) is 2.78. The Labute approximate surface area is 72.0 Å². The fourth-order valence-corrected chi connectivity index (χ4v) is 1.05. The largest absolute Gasteiger partial charge is 0.402 e. The van der Waals surface area contributed by atoms with Gasteiger partial charge in [-0.25, -0.2) is 0 Å². The third kappa shape index (κ3) is 1.46. The zero-order valence-electron chi connectivity index (χ0n) is 6.52. The van der Waals surface area contributed by atoms with Gasteiger partial charge in [-0.3, -0.25) is 0 Å². The van der Waals surface area contributed by atoms with Crippen molar-refractivity contribution in [2.24, 2.45) is 0 Å². The minimum Gasteiger partial charge on any atom is -0.402 e. The molecule has 2 heterocycles. The van der Waals surface area contributed by atoms with E-state index in [0.717, 1.165) is 0 Å². The molecule has 1 saturated heterocycles. The highest BCUT2D eigenvalue weighted by atomic mass is 19.3. The molecule has 0 aromatic carbocycles. The molecule has 1 aromatic heterocycles. The second-order valence-electron chi connectivity index (χ2n) is 2.78. The summed E-state index contributed by atoms with van der Waals surface area (Å²) in [5.74, 6) is -0.684. The molecular weight excluding hydrogens is 184 g/mol. The molecule has 1 aliphatic heterocycles. The molecule has 0 aliphatic carbocycles. The van der Waals surface area contributed by atoms with Crippen LogP contribution in [0.5, 0.6) is 0 Å². The molecule has 0 radical (unpaired) electrons. The van der Waals surface area contributed by atoms with E-state index in [1.807, 2.05) is 0 Å². The van der Waals surface area contributed by atoms with Crippen LogP contribution in [-0.2, 0) is 0 Å². The predicted molar refractivity (Wildman–Crippen MR) is 37.5 cm³/mol. The van der Waals surface area contributed by atoms with Gasteiger partial charge in [0.2, 0.25) is 0 Å². The van der Waals surface area contributed by atoms with Crippen molar-refractivity contribution in [2.45, 2.75) is 12.5 Å². The molecule has 0 bridgehead atoms. The summed E-state index contributed by atoms with van der Waals surface area (Å²) in [6.45, 7) is 0.704. The van der Waals surface area contributed by atoms with E-state index in [2.05, 4.69) is 14.6 Å². The van der Waals surface area contributed by atoms with Gasteiger partial charge >= 0.3 is 12.4 Å². The summed E-state index contributed by atoms with van der Waals surface area (Å²) < 4.78 is 28.6. The first-order valence-electron chi connectivity index (χ1n) is 3.71. The number of aliphatic hydroxyl groups is 1. The maximum absolute atomic E-state index is 12.0. The van der Waals surface area contributed by atoms with Crippen LogP contribution in [0.4, 0.5) is 14.8 Å². The Balaban J connectivity index is 2.06. The van der Waals surface area contributed by atoms with Gasteiger partial charge in [-0.2, -0.15) is 8.78 Å². The highest BCUT2D eigenvalue weighted by Crippen LogP contribution is 2.23. The normalized spacial score (nSPS) is 18.0. The Kier molecular flexibility index (Phi) is 1.87. The Morgan fingerprint density at radius 2 is 2.15 bits per heavy atom. The van der Waals surface area contributed by atoms with E-state index >= 15 is 0 Å². The fourth-order valence-electron chi connectivity index (χ4n) is 1.05. The summed E-state index contributed by atoms with van der Waals surface area (Å²) in [5, 5.41) is 15.5. The zero-order valence-corrected chi connectivity index (χ0v) is 6.52. The van der Waals surface area contributed by atoms with E-state index in [1.165, 1.54) is 4.90 Å². The van der Waals surface area contributed by atoms with Crippen molar-refractivity contribution < 1.29 is 18.3 Å². The van der Waals surface area contributed by atoms with Crippen LogP contribution in [-0.4, -0.2) is 34.5 Å². The van der Waals surface area contributed by atoms with Crippen LogP contribution in [0.2, 0.25) is 0 Å². The van der Waals surface area contributed by atoms with E-state index in [4.69, 9.17) is 5.11 Å². The lowest BCUT2D eigenvalue weighted by Gasteiger charge is -2.33. The van der Waals surface area contributed by atoms with E-state index in [0.29, 0.717) is 13.1 Å². The molecule has 2 rings (SSSR count). The number of halogens is 2. The topological polar surface area (TPSA) is 62.4 Å². The summed E-state index contributed by atoms with van der Waals surface area (Å²) in [7, 11) is 0. The zero-order chi connectivity index (χ0) is 9.42. The summed E-state index contributed by atoms with van der Waals surface area (Å²) in [4.78, 5) is 1.53. The lowest BCUT2D eigenvalue weighted by molar-refractivity contribution is 0.111. The van der Waals surface area contributed by atoms with Gasteiger partial charge in [0.15, 0.2) is 0 Å². The Hall–Kier alpha value is -1.24. The van der Waals surface area contributed by atoms with Crippen LogP contribution in [0.15, 0.2) is 4.42 Å². The van der Waals surface area contributed by atoms with Gasteiger partial charge in [-0.05, 0) is 0 Å². The summed E-state index contributed by atoms with van der Waals surface area (Å²) in [5.41, 5.74) is 0. The molecule has 1 fully saturated rings. The average Bonchev–Trinajstić information content (AvgIpc) is 2.46. The van der Waals surface area contributed by atoms with Crippen molar-refractivity contribution >= 4 is 6.01 Å². The number of nitrogens with zero attached hydrogens (tertiary/aromatic N) is 3. The van der Waals surface area contributed by atoms with Crippen LogP contribution in [0.3, 0.4) is 0 Å². The van der Waals surface area contributed by atoms with E-state index in [1.54, 1.807) is 0 Å². The number of rotatable bonds is 2. The van der Waals surface area contributed by atoms with Crippen molar-refractivity contribution in [3.63, 3.8) is 0 Å². The molecule has 0 spiro atoms. The number of alkyl halides is 2. The number of hydrogen-bond donors (Lipinski definition) is 1. The lowest BCUT2D eigenvalue weighted by atomic mass is 10.2. The molecule has 1 N–H and O–H groups in total. The standard InChI is InChI=1S/C6H7F2N3O2/c7-4(8)5-9-10-6(13-5)11-1-3(12)2-11/h3-4,12H,1-2H2.